The van der Waals surface area contributed by atoms with Gasteiger partial charge in [-0.2, -0.15) is 0 Å². The summed E-state index contributed by atoms with van der Waals surface area (Å²) < 4.78 is 0. The van der Waals surface area contributed by atoms with Crippen molar-refractivity contribution in [2.45, 2.75) is 76.3 Å². The zero-order valence-electron chi connectivity index (χ0n) is 17.5. The molecule has 2 aliphatic carbocycles. The fraction of sp³-hybridized carbons (Fsp3) is 0.500. The van der Waals surface area contributed by atoms with Gasteiger partial charge in [-0.25, -0.2) is 9.59 Å². The minimum Gasteiger partial charge on any atom is -0.335 e. The molecule has 4 N–H and O–H groups in total. The Morgan fingerprint density at radius 2 is 1.00 bits per heavy atom. The third-order valence-electron chi connectivity index (χ3n) is 6.30. The normalized spacial score (nSPS) is 18.0. The number of urea groups is 2. The number of rotatable bonds is 4. The molecular formula is C24H32N4O2. The van der Waals surface area contributed by atoms with Gasteiger partial charge in [-0.15, -0.1) is 0 Å². The van der Waals surface area contributed by atoms with Gasteiger partial charge in [-0.1, -0.05) is 62.8 Å². The van der Waals surface area contributed by atoms with E-state index in [0.29, 0.717) is 0 Å². The number of hydrogen-bond donors (Lipinski definition) is 4. The van der Waals surface area contributed by atoms with Gasteiger partial charge in [-0.05, 0) is 37.8 Å². The number of carbonyl (C=O) groups excluding carboxylic acids is 2. The van der Waals surface area contributed by atoms with Crippen molar-refractivity contribution in [3.63, 3.8) is 0 Å². The van der Waals surface area contributed by atoms with Crippen molar-refractivity contribution in [3.8, 4) is 0 Å². The molecule has 0 saturated heterocycles. The lowest BCUT2D eigenvalue weighted by Crippen LogP contribution is -2.39. The van der Waals surface area contributed by atoms with Crippen LogP contribution in [0, 0.1) is 0 Å². The van der Waals surface area contributed by atoms with Crippen LogP contribution in [0.3, 0.4) is 0 Å². The first kappa shape index (κ1) is 20.5. The van der Waals surface area contributed by atoms with Gasteiger partial charge in [0, 0.05) is 22.9 Å². The Kier molecular flexibility index (Phi) is 6.72. The van der Waals surface area contributed by atoms with Crippen molar-refractivity contribution in [3.05, 3.63) is 36.4 Å². The summed E-state index contributed by atoms with van der Waals surface area (Å²) in [6, 6.07) is 11.7. The lowest BCUT2D eigenvalue weighted by molar-refractivity contribution is 0.243. The molecule has 30 heavy (non-hydrogen) atoms. The molecule has 2 saturated carbocycles. The first-order valence-electron chi connectivity index (χ1n) is 11.4. The van der Waals surface area contributed by atoms with Gasteiger partial charge >= 0.3 is 12.1 Å². The molecule has 0 bridgehead atoms. The molecule has 0 radical (unpaired) electrons. The van der Waals surface area contributed by atoms with Gasteiger partial charge < -0.3 is 21.3 Å². The highest BCUT2D eigenvalue weighted by Gasteiger charge is 2.18. The topological polar surface area (TPSA) is 82.3 Å². The van der Waals surface area contributed by atoms with Crippen molar-refractivity contribution >= 4 is 34.2 Å². The first-order chi connectivity index (χ1) is 14.7. The molecule has 2 fully saturated rings. The molecule has 160 valence electrons. The number of benzene rings is 2. The van der Waals surface area contributed by atoms with Crippen LogP contribution in [0.15, 0.2) is 36.4 Å². The smallest absolute Gasteiger partial charge is 0.319 e. The Hall–Kier alpha value is -2.76. The van der Waals surface area contributed by atoms with Crippen LogP contribution in [0.25, 0.3) is 10.8 Å². The maximum absolute atomic E-state index is 12.5. The van der Waals surface area contributed by atoms with E-state index < -0.39 is 0 Å². The van der Waals surface area contributed by atoms with E-state index in [9.17, 15) is 9.59 Å². The number of hydrogen-bond acceptors (Lipinski definition) is 2. The molecule has 2 aromatic rings. The van der Waals surface area contributed by atoms with Crippen LogP contribution in [0.2, 0.25) is 0 Å². The second-order valence-electron chi connectivity index (χ2n) is 8.57. The molecule has 0 unspecified atom stereocenters. The summed E-state index contributed by atoms with van der Waals surface area (Å²) in [6.07, 6.45) is 11.4. The molecule has 2 aliphatic rings. The summed E-state index contributed by atoms with van der Waals surface area (Å²) in [7, 11) is 0. The quantitative estimate of drug-likeness (QED) is 0.520. The Morgan fingerprint density at radius 1 is 0.600 bits per heavy atom. The molecule has 4 rings (SSSR count). The monoisotopic (exact) mass is 408 g/mol. The highest BCUT2D eigenvalue weighted by molar-refractivity contribution is 6.08. The highest BCUT2D eigenvalue weighted by Crippen LogP contribution is 2.29. The average molecular weight is 409 g/mol. The lowest BCUT2D eigenvalue weighted by Gasteiger charge is -2.23. The van der Waals surface area contributed by atoms with Crippen molar-refractivity contribution in [1.29, 1.82) is 0 Å². The number of carbonyl (C=O) groups is 2. The molecule has 6 heteroatoms. The molecule has 0 atom stereocenters. The lowest BCUT2D eigenvalue weighted by atomic mass is 9.96. The molecule has 0 aromatic heterocycles. The maximum atomic E-state index is 12.5. The van der Waals surface area contributed by atoms with Crippen LogP contribution in [-0.4, -0.2) is 24.1 Å². The standard InChI is InChI=1S/C24H32N4O2/c29-23(25-17-9-3-1-4-10-17)27-21-15-7-14-20-19(21)13-8-16-22(20)28-24(30)26-18-11-5-2-6-12-18/h7-8,13-18H,1-6,9-12H2,(H2,25,27,29)(H2,26,28,30). The zero-order valence-corrected chi connectivity index (χ0v) is 17.5. The minimum atomic E-state index is -0.164. The molecule has 0 heterocycles. The van der Waals surface area contributed by atoms with E-state index >= 15 is 0 Å². The van der Waals surface area contributed by atoms with Gasteiger partial charge in [0.05, 0.1) is 11.4 Å². The minimum absolute atomic E-state index is 0.164. The Morgan fingerprint density at radius 3 is 1.40 bits per heavy atom. The van der Waals surface area contributed by atoms with E-state index in [4.69, 9.17) is 0 Å². The Bertz CT molecular complexity index is 813. The van der Waals surface area contributed by atoms with E-state index in [1.165, 1.54) is 38.5 Å². The van der Waals surface area contributed by atoms with E-state index in [1.807, 2.05) is 36.4 Å². The molecule has 4 amide bonds. The summed E-state index contributed by atoms with van der Waals surface area (Å²) in [5.74, 6) is 0. The zero-order chi connectivity index (χ0) is 20.8. The number of anilines is 2. The van der Waals surface area contributed by atoms with Gasteiger partial charge in [-0.3, -0.25) is 0 Å². The van der Waals surface area contributed by atoms with E-state index in [-0.39, 0.29) is 24.1 Å². The Labute approximate surface area is 178 Å². The number of fused-ring (bicyclic) bond motifs is 1. The summed E-state index contributed by atoms with van der Waals surface area (Å²) >= 11 is 0. The first-order valence-corrected chi connectivity index (χ1v) is 11.4. The van der Waals surface area contributed by atoms with Crippen molar-refractivity contribution in [2.75, 3.05) is 10.6 Å². The SMILES string of the molecule is O=C(Nc1cccc2c(NC(=O)NC3CCCCC3)cccc12)NC1CCCCC1. The predicted octanol–water partition coefficient (Wildman–Crippen LogP) is 5.75. The van der Waals surface area contributed by atoms with Crippen LogP contribution in [0.1, 0.15) is 64.2 Å². The Balaban J connectivity index is 1.44. The van der Waals surface area contributed by atoms with E-state index in [2.05, 4.69) is 21.3 Å². The van der Waals surface area contributed by atoms with Crippen molar-refractivity contribution in [2.24, 2.45) is 0 Å². The second-order valence-corrected chi connectivity index (χ2v) is 8.57. The maximum Gasteiger partial charge on any atom is 0.319 e. The van der Waals surface area contributed by atoms with Crippen LogP contribution < -0.4 is 21.3 Å². The summed E-state index contributed by atoms with van der Waals surface area (Å²) in [4.78, 5) is 25.0. The van der Waals surface area contributed by atoms with Crippen molar-refractivity contribution in [1.82, 2.24) is 10.6 Å². The number of nitrogens with one attached hydrogen (secondary N) is 4. The number of amides is 4. The molecule has 6 nitrogen and oxygen atoms in total. The molecular weight excluding hydrogens is 376 g/mol. The van der Waals surface area contributed by atoms with E-state index in [0.717, 1.165) is 47.8 Å². The highest BCUT2D eigenvalue weighted by atomic mass is 16.2. The largest absolute Gasteiger partial charge is 0.335 e. The summed E-state index contributed by atoms with van der Waals surface area (Å²) in [6.45, 7) is 0. The van der Waals surface area contributed by atoms with Crippen LogP contribution in [0.4, 0.5) is 21.0 Å². The fourth-order valence-corrected chi connectivity index (χ4v) is 4.71. The third kappa shape index (κ3) is 5.23. The van der Waals surface area contributed by atoms with Gasteiger partial charge in [0.15, 0.2) is 0 Å². The van der Waals surface area contributed by atoms with Gasteiger partial charge in [0.1, 0.15) is 0 Å². The summed E-state index contributed by atoms with van der Waals surface area (Å²) in [5.41, 5.74) is 1.49. The van der Waals surface area contributed by atoms with Crippen LogP contribution in [0.5, 0.6) is 0 Å². The second kappa shape index (κ2) is 9.83. The molecule has 2 aromatic carbocycles. The average Bonchev–Trinajstić information content (AvgIpc) is 2.76. The van der Waals surface area contributed by atoms with Crippen LogP contribution in [-0.2, 0) is 0 Å². The van der Waals surface area contributed by atoms with Gasteiger partial charge in [0.25, 0.3) is 0 Å². The van der Waals surface area contributed by atoms with Crippen LogP contribution >= 0.6 is 0 Å². The van der Waals surface area contributed by atoms with Gasteiger partial charge in [0.2, 0.25) is 0 Å². The fourth-order valence-electron chi connectivity index (χ4n) is 4.71. The molecule has 0 spiro atoms. The third-order valence-corrected chi connectivity index (χ3v) is 6.30. The van der Waals surface area contributed by atoms with E-state index in [1.54, 1.807) is 0 Å². The molecule has 0 aliphatic heterocycles. The van der Waals surface area contributed by atoms with Crippen molar-refractivity contribution < 1.29 is 9.59 Å². The predicted molar refractivity (Wildman–Crippen MR) is 122 cm³/mol. The summed E-state index contributed by atoms with van der Waals surface area (Å²) in [5, 5.41) is 14.0.